The van der Waals surface area contributed by atoms with E-state index in [0.29, 0.717) is 6.54 Å². The molecule has 3 atom stereocenters. The first kappa shape index (κ1) is 13.1. The SMILES string of the molecule is CC1CCCN(C(=O)C2CC=CCC2)C1C(=O)O. The van der Waals surface area contributed by atoms with Crippen LogP contribution in [-0.2, 0) is 9.59 Å². The molecule has 0 aromatic carbocycles. The second-order valence-electron chi connectivity index (χ2n) is 5.42. The van der Waals surface area contributed by atoms with Crippen molar-refractivity contribution < 1.29 is 14.7 Å². The van der Waals surface area contributed by atoms with Crippen LogP contribution in [0, 0.1) is 11.8 Å². The fourth-order valence-corrected chi connectivity index (χ4v) is 3.06. The highest BCUT2D eigenvalue weighted by Crippen LogP contribution is 2.28. The van der Waals surface area contributed by atoms with E-state index < -0.39 is 12.0 Å². The Balaban J connectivity index is 2.11. The Morgan fingerprint density at radius 1 is 1.28 bits per heavy atom. The van der Waals surface area contributed by atoms with Crippen LogP contribution in [0.5, 0.6) is 0 Å². The minimum absolute atomic E-state index is 0.0119. The first-order valence-electron chi connectivity index (χ1n) is 6.79. The second-order valence-corrected chi connectivity index (χ2v) is 5.42. The summed E-state index contributed by atoms with van der Waals surface area (Å²) in [5.74, 6) is -0.776. The number of carboxylic acids is 1. The van der Waals surface area contributed by atoms with E-state index in [1.807, 2.05) is 13.0 Å². The van der Waals surface area contributed by atoms with E-state index in [4.69, 9.17) is 0 Å². The smallest absolute Gasteiger partial charge is 0.326 e. The van der Waals surface area contributed by atoms with E-state index in [1.54, 1.807) is 4.90 Å². The maximum atomic E-state index is 12.4. The maximum absolute atomic E-state index is 12.4. The van der Waals surface area contributed by atoms with Crippen molar-refractivity contribution in [1.29, 1.82) is 0 Å². The lowest BCUT2D eigenvalue weighted by atomic mass is 9.87. The molecule has 1 fully saturated rings. The highest BCUT2D eigenvalue weighted by molar-refractivity contribution is 5.85. The first-order valence-corrected chi connectivity index (χ1v) is 6.79. The number of carboxylic acid groups (broad SMARTS) is 1. The van der Waals surface area contributed by atoms with Crippen LogP contribution >= 0.6 is 0 Å². The number of allylic oxidation sites excluding steroid dienone is 2. The molecule has 2 aliphatic rings. The largest absolute Gasteiger partial charge is 0.480 e. The van der Waals surface area contributed by atoms with Crippen LogP contribution in [0.2, 0.25) is 0 Å². The number of aliphatic carboxylic acids is 1. The van der Waals surface area contributed by atoms with E-state index in [1.165, 1.54) is 0 Å². The minimum Gasteiger partial charge on any atom is -0.480 e. The third-order valence-corrected chi connectivity index (χ3v) is 4.09. The van der Waals surface area contributed by atoms with Gasteiger partial charge in [-0.05, 0) is 38.0 Å². The van der Waals surface area contributed by atoms with Crippen molar-refractivity contribution in [3.8, 4) is 0 Å². The summed E-state index contributed by atoms with van der Waals surface area (Å²) in [6.07, 6.45) is 8.48. The number of hydrogen-bond acceptors (Lipinski definition) is 2. The molecule has 4 heteroatoms. The van der Waals surface area contributed by atoms with Crippen LogP contribution in [0.15, 0.2) is 12.2 Å². The summed E-state index contributed by atoms with van der Waals surface area (Å²) in [5.41, 5.74) is 0. The molecule has 1 amide bonds. The number of likely N-dealkylation sites (tertiary alicyclic amines) is 1. The maximum Gasteiger partial charge on any atom is 0.326 e. The van der Waals surface area contributed by atoms with Crippen LogP contribution in [0.25, 0.3) is 0 Å². The van der Waals surface area contributed by atoms with Gasteiger partial charge in [-0.2, -0.15) is 0 Å². The lowest BCUT2D eigenvalue weighted by Gasteiger charge is -2.39. The molecule has 0 bridgehead atoms. The van der Waals surface area contributed by atoms with Crippen molar-refractivity contribution in [3.05, 3.63) is 12.2 Å². The zero-order valence-corrected chi connectivity index (χ0v) is 10.8. The van der Waals surface area contributed by atoms with Gasteiger partial charge in [0, 0.05) is 12.5 Å². The van der Waals surface area contributed by atoms with Gasteiger partial charge < -0.3 is 10.0 Å². The van der Waals surface area contributed by atoms with Gasteiger partial charge in [-0.3, -0.25) is 4.79 Å². The summed E-state index contributed by atoms with van der Waals surface area (Å²) in [7, 11) is 0. The molecule has 0 aromatic heterocycles. The predicted octanol–water partition coefficient (Wildman–Crippen LogP) is 2.05. The number of rotatable bonds is 2. The van der Waals surface area contributed by atoms with Crippen molar-refractivity contribution in [2.45, 2.75) is 45.1 Å². The number of carbonyl (C=O) groups is 2. The third-order valence-electron chi connectivity index (χ3n) is 4.09. The third kappa shape index (κ3) is 2.57. The van der Waals surface area contributed by atoms with Gasteiger partial charge in [0.1, 0.15) is 6.04 Å². The molecule has 0 saturated carbocycles. The van der Waals surface area contributed by atoms with Crippen molar-refractivity contribution in [2.75, 3.05) is 6.54 Å². The zero-order valence-electron chi connectivity index (χ0n) is 10.8. The van der Waals surface area contributed by atoms with Crippen molar-refractivity contribution in [3.63, 3.8) is 0 Å². The average Bonchev–Trinajstić information content (AvgIpc) is 2.38. The second kappa shape index (κ2) is 5.55. The van der Waals surface area contributed by atoms with Crippen LogP contribution in [0.4, 0.5) is 0 Å². The number of amides is 1. The lowest BCUT2D eigenvalue weighted by molar-refractivity contribution is -0.156. The summed E-state index contributed by atoms with van der Waals surface area (Å²) in [5, 5.41) is 9.32. The highest BCUT2D eigenvalue weighted by atomic mass is 16.4. The zero-order chi connectivity index (χ0) is 13.1. The molecule has 0 aromatic rings. The summed E-state index contributed by atoms with van der Waals surface area (Å²) in [6.45, 7) is 2.53. The monoisotopic (exact) mass is 251 g/mol. The van der Waals surface area contributed by atoms with Crippen LogP contribution < -0.4 is 0 Å². The molecule has 18 heavy (non-hydrogen) atoms. The van der Waals surface area contributed by atoms with E-state index in [0.717, 1.165) is 32.1 Å². The molecule has 0 spiro atoms. The molecule has 4 nitrogen and oxygen atoms in total. The molecular formula is C14H21NO3. The van der Waals surface area contributed by atoms with Crippen LogP contribution in [0.1, 0.15) is 39.0 Å². The van der Waals surface area contributed by atoms with Crippen molar-refractivity contribution in [1.82, 2.24) is 4.90 Å². The fraction of sp³-hybridized carbons (Fsp3) is 0.714. The van der Waals surface area contributed by atoms with Crippen molar-refractivity contribution in [2.24, 2.45) is 11.8 Å². The van der Waals surface area contributed by atoms with E-state index in [-0.39, 0.29) is 17.7 Å². The molecule has 1 aliphatic heterocycles. The molecular weight excluding hydrogens is 230 g/mol. The number of nitrogens with zero attached hydrogens (tertiary/aromatic N) is 1. The van der Waals surface area contributed by atoms with Gasteiger partial charge in [-0.1, -0.05) is 19.1 Å². The van der Waals surface area contributed by atoms with Gasteiger partial charge in [-0.25, -0.2) is 4.79 Å². The Hall–Kier alpha value is -1.32. The van der Waals surface area contributed by atoms with Crippen LogP contribution in [-0.4, -0.2) is 34.5 Å². The van der Waals surface area contributed by atoms with Gasteiger partial charge in [0.2, 0.25) is 5.91 Å². The molecule has 0 radical (unpaired) electrons. The minimum atomic E-state index is -0.859. The summed E-state index contributed by atoms with van der Waals surface area (Å²) in [6, 6.07) is -0.628. The van der Waals surface area contributed by atoms with E-state index in [9.17, 15) is 14.7 Å². The predicted molar refractivity (Wildman–Crippen MR) is 68.0 cm³/mol. The van der Waals surface area contributed by atoms with Gasteiger partial charge in [0.25, 0.3) is 0 Å². The molecule has 3 unspecified atom stereocenters. The highest BCUT2D eigenvalue weighted by Gasteiger charge is 2.39. The Labute approximate surface area is 108 Å². The van der Waals surface area contributed by atoms with Gasteiger partial charge in [-0.15, -0.1) is 0 Å². The average molecular weight is 251 g/mol. The molecule has 100 valence electrons. The topological polar surface area (TPSA) is 57.6 Å². The van der Waals surface area contributed by atoms with Crippen molar-refractivity contribution >= 4 is 11.9 Å². The summed E-state index contributed by atoms with van der Waals surface area (Å²) in [4.78, 5) is 25.4. The lowest BCUT2D eigenvalue weighted by Crippen LogP contribution is -2.53. The Bertz CT molecular complexity index is 364. The Morgan fingerprint density at radius 2 is 2.06 bits per heavy atom. The number of hydrogen-bond donors (Lipinski definition) is 1. The molecule has 1 heterocycles. The molecule has 1 aliphatic carbocycles. The fourth-order valence-electron chi connectivity index (χ4n) is 3.06. The summed E-state index contributed by atoms with van der Waals surface area (Å²) >= 11 is 0. The molecule has 2 rings (SSSR count). The van der Waals surface area contributed by atoms with Gasteiger partial charge in [0.05, 0.1) is 0 Å². The number of piperidine rings is 1. The Kier molecular flexibility index (Phi) is 4.04. The standard InChI is InChI=1S/C14H21NO3/c1-10-6-5-9-15(12(10)14(17)18)13(16)11-7-3-2-4-8-11/h2-3,10-12H,4-9H2,1H3,(H,17,18). The quantitative estimate of drug-likeness (QED) is 0.764. The summed E-state index contributed by atoms with van der Waals surface area (Å²) < 4.78 is 0. The van der Waals surface area contributed by atoms with Gasteiger partial charge in [0.15, 0.2) is 0 Å². The van der Waals surface area contributed by atoms with E-state index >= 15 is 0 Å². The molecule has 1 saturated heterocycles. The first-order chi connectivity index (χ1) is 8.61. The van der Waals surface area contributed by atoms with E-state index in [2.05, 4.69) is 6.08 Å². The molecule has 1 N–H and O–H groups in total. The van der Waals surface area contributed by atoms with Crippen LogP contribution in [0.3, 0.4) is 0 Å². The normalized spacial score (nSPS) is 32.3. The van der Waals surface area contributed by atoms with Gasteiger partial charge >= 0.3 is 5.97 Å². The number of carbonyl (C=O) groups excluding carboxylic acids is 1. The Morgan fingerprint density at radius 3 is 2.67 bits per heavy atom.